The van der Waals surface area contributed by atoms with Crippen LogP contribution in [0.3, 0.4) is 0 Å². The van der Waals surface area contributed by atoms with Crippen LogP contribution in [0, 0.1) is 23.0 Å². The Hall–Kier alpha value is -2.62. The number of rotatable bonds is 2. The molecule has 24 heavy (non-hydrogen) atoms. The van der Waals surface area contributed by atoms with E-state index in [1.807, 2.05) is 0 Å². The minimum atomic E-state index is -4.56. The summed E-state index contributed by atoms with van der Waals surface area (Å²) < 4.78 is 66.1. The van der Waals surface area contributed by atoms with Crippen LogP contribution >= 0.6 is 0 Å². The predicted octanol–water partition coefficient (Wildman–Crippen LogP) is 4.95. The first-order valence-electron chi connectivity index (χ1n) is 7.16. The molecule has 2 aromatic carbocycles. The molecule has 2 aromatic rings. The maximum absolute atomic E-state index is 14.0. The molecule has 2 nitrogen and oxygen atoms in total. The Morgan fingerprint density at radius 3 is 2.54 bits per heavy atom. The molecule has 1 N–H and O–H groups in total. The summed E-state index contributed by atoms with van der Waals surface area (Å²) in [5, 5.41) is 11.8. The Morgan fingerprint density at radius 2 is 1.88 bits per heavy atom. The van der Waals surface area contributed by atoms with E-state index in [4.69, 9.17) is 5.26 Å². The van der Waals surface area contributed by atoms with Gasteiger partial charge < -0.3 is 5.32 Å². The minimum Gasteiger partial charge on any atom is -0.377 e. The highest BCUT2D eigenvalue weighted by Gasteiger charge is 2.32. The van der Waals surface area contributed by atoms with E-state index in [9.17, 15) is 22.0 Å². The lowest BCUT2D eigenvalue weighted by molar-refractivity contribution is -0.137. The summed E-state index contributed by atoms with van der Waals surface area (Å²) in [6.07, 6.45) is -3.68. The molecular weight excluding hydrogens is 327 g/mol. The highest BCUT2D eigenvalue weighted by molar-refractivity contribution is 5.61. The van der Waals surface area contributed by atoms with Crippen molar-refractivity contribution < 1.29 is 22.0 Å². The molecule has 0 amide bonds. The van der Waals surface area contributed by atoms with Crippen molar-refractivity contribution in [3.8, 4) is 6.07 Å². The monoisotopic (exact) mass is 338 g/mol. The molecule has 0 fully saturated rings. The topological polar surface area (TPSA) is 35.8 Å². The molecule has 3 rings (SSSR count). The first-order chi connectivity index (χ1) is 11.3. The van der Waals surface area contributed by atoms with Crippen LogP contribution in [0.4, 0.5) is 27.6 Å². The number of aryl methyl sites for hydroxylation is 1. The first-order valence-corrected chi connectivity index (χ1v) is 7.16. The highest BCUT2D eigenvalue weighted by Crippen LogP contribution is 2.38. The molecule has 0 heterocycles. The molecule has 0 saturated carbocycles. The number of nitrogens with zero attached hydrogens (tertiary/aromatic N) is 1. The number of hydrogen-bond donors (Lipinski definition) is 1. The normalized spacial score (nSPS) is 16.6. The second-order valence-corrected chi connectivity index (χ2v) is 5.54. The third kappa shape index (κ3) is 2.80. The maximum atomic E-state index is 14.0. The van der Waals surface area contributed by atoms with E-state index in [0.717, 1.165) is 24.3 Å². The Kier molecular flexibility index (Phi) is 3.91. The van der Waals surface area contributed by atoms with Crippen LogP contribution in [-0.4, -0.2) is 0 Å². The number of benzene rings is 2. The molecule has 0 radical (unpaired) electrons. The van der Waals surface area contributed by atoms with Gasteiger partial charge in [-0.3, -0.25) is 0 Å². The SMILES string of the molecule is N#Cc1ccc(C(F)(F)F)cc1NC1CCc2ccc(F)c(F)c21. The van der Waals surface area contributed by atoms with Crippen molar-refractivity contribution in [3.05, 3.63) is 64.2 Å². The molecule has 0 saturated heterocycles. The Bertz CT molecular complexity index is 836. The number of nitriles is 1. The molecule has 1 aliphatic rings. The van der Waals surface area contributed by atoms with Crippen LogP contribution in [-0.2, 0) is 12.6 Å². The molecule has 0 aromatic heterocycles. The summed E-state index contributed by atoms with van der Waals surface area (Å²) >= 11 is 0. The summed E-state index contributed by atoms with van der Waals surface area (Å²) in [7, 11) is 0. The van der Waals surface area contributed by atoms with E-state index in [-0.39, 0.29) is 16.8 Å². The Labute approximate surface area is 134 Å². The summed E-state index contributed by atoms with van der Waals surface area (Å²) in [4.78, 5) is 0. The largest absolute Gasteiger partial charge is 0.416 e. The lowest BCUT2D eigenvalue weighted by Gasteiger charge is -2.18. The van der Waals surface area contributed by atoms with Crippen LogP contribution in [0.2, 0.25) is 0 Å². The third-order valence-corrected chi connectivity index (χ3v) is 4.07. The van der Waals surface area contributed by atoms with Crippen molar-refractivity contribution in [2.75, 3.05) is 5.32 Å². The zero-order valence-electron chi connectivity index (χ0n) is 12.2. The fraction of sp³-hybridized carbons (Fsp3) is 0.235. The van der Waals surface area contributed by atoms with E-state index < -0.39 is 29.4 Å². The number of anilines is 1. The van der Waals surface area contributed by atoms with Crippen molar-refractivity contribution >= 4 is 5.69 Å². The van der Waals surface area contributed by atoms with Gasteiger partial charge in [0.05, 0.1) is 22.9 Å². The zero-order valence-corrected chi connectivity index (χ0v) is 12.2. The fourth-order valence-corrected chi connectivity index (χ4v) is 2.91. The van der Waals surface area contributed by atoms with E-state index in [2.05, 4.69) is 5.32 Å². The van der Waals surface area contributed by atoms with Gasteiger partial charge in [0.2, 0.25) is 0 Å². The number of hydrogen-bond acceptors (Lipinski definition) is 2. The third-order valence-electron chi connectivity index (χ3n) is 4.07. The molecule has 7 heteroatoms. The van der Waals surface area contributed by atoms with Gasteiger partial charge in [0, 0.05) is 5.56 Å². The molecule has 1 unspecified atom stereocenters. The number of fused-ring (bicyclic) bond motifs is 1. The summed E-state index contributed by atoms with van der Waals surface area (Å²) in [6, 6.07) is 6.29. The number of halogens is 5. The van der Waals surface area contributed by atoms with Gasteiger partial charge in [-0.2, -0.15) is 18.4 Å². The molecule has 124 valence electrons. The molecule has 1 aliphatic carbocycles. The predicted molar refractivity (Wildman–Crippen MR) is 77.2 cm³/mol. The van der Waals surface area contributed by atoms with Gasteiger partial charge in [-0.1, -0.05) is 6.07 Å². The summed E-state index contributed by atoms with van der Waals surface area (Å²) in [5.41, 5.74) is -0.239. The van der Waals surface area contributed by atoms with E-state index in [1.165, 1.54) is 6.07 Å². The number of nitrogens with one attached hydrogen (secondary N) is 1. The average Bonchev–Trinajstić information content (AvgIpc) is 2.93. The molecular formula is C17H11F5N2. The second-order valence-electron chi connectivity index (χ2n) is 5.54. The van der Waals surface area contributed by atoms with Gasteiger partial charge in [0.25, 0.3) is 0 Å². The second kappa shape index (κ2) is 5.78. The fourth-order valence-electron chi connectivity index (χ4n) is 2.91. The highest BCUT2D eigenvalue weighted by atomic mass is 19.4. The van der Waals surface area contributed by atoms with Crippen LogP contribution in [0.5, 0.6) is 0 Å². The van der Waals surface area contributed by atoms with Crippen molar-refractivity contribution in [1.29, 1.82) is 5.26 Å². The van der Waals surface area contributed by atoms with Gasteiger partial charge in [0.1, 0.15) is 6.07 Å². The van der Waals surface area contributed by atoms with Crippen molar-refractivity contribution in [2.24, 2.45) is 0 Å². The van der Waals surface area contributed by atoms with Crippen molar-refractivity contribution in [3.63, 3.8) is 0 Å². The number of alkyl halides is 3. The lowest BCUT2D eigenvalue weighted by atomic mass is 10.0. The zero-order chi connectivity index (χ0) is 17.5. The Morgan fingerprint density at radius 1 is 1.12 bits per heavy atom. The van der Waals surface area contributed by atoms with Crippen LogP contribution in [0.15, 0.2) is 30.3 Å². The van der Waals surface area contributed by atoms with Gasteiger partial charge in [-0.15, -0.1) is 0 Å². The molecule has 0 spiro atoms. The van der Waals surface area contributed by atoms with Gasteiger partial charge in [-0.05, 0) is 42.7 Å². The van der Waals surface area contributed by atoms with E-state index in [1.54, 1.807) is 6.07 Å². The van der Waals surface area contributed by atoms with Crippen LogP contribution < -0.4 is 5.32 Å². The smallest absolute Gasteiger partial charge is 0.377 e. The molecule has 0 aliphatic heterocycles. The van der Waals surface area contributed by atoms with Gasteiger partial charge in [0.15, 0.2) is 11.6 Å². The summed E-state index contributed by atoms with van der Waals surface area (Å²) in [6.45, 7) is 0. The lowest BCUT2D eigenvalue weighted by Crippen LogP contribution is -2.12. The molecule has 1 atom stereocenters. The van der Waals surface area contributed by atoms with Crippen molar-refractivity contribution in [2.45, 2.75) is 25.1 Å². The van der Waals surface area contributed by atoms with E-state index in [0.29, 0.717) is 18.4 Å². The summed E-state index contributed by atoms with van der Waals surface area (Å²) in [5.74, 6) is -2.01. The Balaban J connectivity index is 2.00. The average molecular weight is 338 g/mol. The van der Waals surface area contributed by atoms with E-state index >= 15 is 0 Å². The van der Waals surface area contributed by atoms with Crippen LogP contribution in [0.1, 0.15) is 34.7 Å². The van der Waals surface area contributed by atoms with Gasteiger partial charge in [-0.25, -0.2) is 8.78 Å². The minimum absolute atomic E-state index is 0.00765. The standard InChI is InChI=1S/C17H11F5N2/c18-12-5-2-9-3-6-13(15(9)16(12)19)24-14-7-11(17(20,21)22)4-1-10(14)8-23/h1-2,4-5,7,13,24H,3,6H2. The first kappa shape index (κ1) is 16.2. The van der Waals surface area contributed by atoms with Crippen molar-refractivity contribution in [1.82, 2.24) is 0 Å². The van der Waals surface area contributed by atoms with Gasteiger partial charge >= 0.3 is 6.18 Å². The maximum Gasteiger partial charge on any atom is 0.416 e. The quantitative estimate of drug-likeness (QED) is 0.786. The molecule has 0 bridgehead atoms. The van der Waals surface area contributed by atoms with Crippen LogP contribution in [0.25, 0.3) is 0 Å².